The van der Waals surface area contributed by atoms with Crippen molar-refractivity contribution >= 4 is 11.9 Å². The SMILES string of the molecule is CCCCOc1ccc(OC(=O)c2ccccc2C(=O)Oc2ccc(OCCCC)cc2)cc1. The fraction of sp³-hybridized carbons (Fsp3) is 0.286. The second-order valence-electron chi connectivity index (χ2n) is 7.67. The van der Waals surface area contributed by atoms with Crippen molar-refractivity contribution < 1.29 is 28.5 Å². The molecule has 0 aliphatic heterocycles. The largest absolute Gasteiger partial charge is 0.494 e. The Morgan fingerprint density at radius 1 is 0.559 bits per heavy atom. The lowest BCUT2D eigenvalue weighted by Gasteiger charge is -2.11. The maximum Gasteiger partial charge on any atom is 0.344 e. The summed E-state index contributed by atoms with van der Waals surface area (Å²) in [6.45, 7) is 5.47. The number of hydrogen-bond donors (Lipinski definition) is 0. The van der Waals surface area contributed by atoms with Gasteiger partial charge in [-0.25, -0.2) is 9.59 Å². The van der Waals surface area contributed by atoms with Crippen molar-refractivity contribution in [3.63, 3.8) is 0 Å². The smallest absolute Gasteiger partial charge is 0.344 e. The van der Waals surface area contributed by atoms with Crippen LogP contribution in [0.2, 0.25) is 0 Å². The monoisotopic (exact) mass is 462 g/mol. The van der Waals surface area contributed by atoms with Gasteiger partial charge in [-0.1, -0.05) is 38.8 Å². The molecule has 0 amide bonds. The average Bonchev–Trinajstić information content (AvgIpc) is 2.86. The topological polar surface area (TPSA) is 71.1 Å². The molecule has 0 aromatic heterocycles. The molecule has 0 fully saturated rings. The predicted molar refractivity (Wildman–Crippen MR) is 130 cm³/mol. The summed E-state index contributed by atoms with van der Waals surface area (Å²) >= 11 is 0. The zero-order valence-corrected chi connectivity index (χ0v) is 19.6. The Labute approximate surface area is 200 Å². The summed E-state index contributed by atoms with van der Waals surface area (Å²) in [5, 5.41) is 0. The van der Waals surface area contributed by atoms with E-state index in [2.05, 4.69) is 13.8 Å². The van der Waals surface area contributed by atoms with E-state index in [4.69, 9.17) is 18.9 Å². The Bertz CT molecular complexity index is 971. The molecule has 0 aliphatic carbocycles. The van der Waals surface area contributed by atoms with Crippen LogP contribution in [0.1, 0.15) is 60.2 Å². The van der Waals surface area contributed by atoms with E-state index in [1.165, 1.54) is 12.1 Å². The summed E-state index contributed by atoms with van der Waals surface area (Å²) in [4.78, 5) is 25.6. The Morgan fingerprint density at radius 2 is 0.912 bits per heavy atom. The van der Waals surface area contributed by atoms with Gasteiger partial charge in [-0.15, -0.1) is 0 Å². The molecule has 6 nitrogen and oxygen atoms in total. The van der Waals surface area contributed by atoms with E-state index >= 15 is 0 Å². The summed E-state index contributed by atoms with van der Waals surface area (Å²) in [5.74, 6) is 0.834. The van der Waals surface area contributed by atoms with Gasteiger partial charge in [-0.3, -0.25) is 0 Å². The molecule has 0 atom stereocenters. The van der Waals surface area contributed by atoms with Crippen LogP contribution in [0.3, 0.4) is 0 Å². The fourth-order valence-electron chi connectivity index (χ4n) is 3.04. The number of ether oxygens (including phenoxy) is 4. The normalized spacial score (nSPS) is 10.4. The van der Waals surface area contributed by atoms with E-state index in [-0.39, 0.29) is 11.1 Å². The zero-order valence-electron chi connectivity index (χ0n) is 19.6. The van der Waals surface area contributed by atoms with Gasteiger partial charge in [0, 0.05) is 0 Å². The molecule has 0 saturated carbocycles. The molecule has 0 bridgehead atoms. The summed E-state index contributed by atoms with van der Waals surface area (Å²) in [6, 6.07) is 20.0. The van der Waals surface area contributed by atoms with E-state index in [9.17, 15) is 9.59 Å². The highest BCUT2D eigenvalue weighted by Crippen LogP contribution is 2.22. The van der Waals surface area contributed by atoms with E-state index in [1.807, 2.05) is 0 Å². The molecule has 34 heavy (non-hydrogen) atoms. The zero-order chi connectivity index (χ0) is 24.2. The molecule has 3 rings (SSSR count). The Kier molecular flexibility index (Phi) is 9.52. The number of carbonyl (C=O) groups excluding carboxylic acids is 2. The van der Waals surface area contributed by atoms with Gasteiger partial charge >= 0.3 is 11.9 Å². The maximum absolute atomic E-state index is 12.8. The lowest BCUT2D eigenvalue weighted by Crippen LogP contribution is -2.17. The number of benzene rings is 3. The van der Waals surface area contributed by atoms with E-state index in [1.54, 1.807) is 60.7 Å². The molecule has 178 valence electrons. The van der Waals surface area contributed by atoms with Gasteiger partial charge in [0.15, 0.2) is 0 Å². The molecule has 3 aromatic rings. The second-order valence-corrected chi connectivity index (χ2v) is 7.67. The third-order valence-electron chi connectivity index (χ3n) is 4.97. The lowest BCUT2D eigenvalue weighted by molar-refractivity contribution is 0.0692. The minimum absolute atomic E-state index is 0.121. The third kappa shape index (κ3) is 7.37. The highest BCUT2D eigenvalue weighted by Gasteiger charge is 2.20. The van der Waals surface area contributed by atoms with E-state index < -0.39 is 11.9 Å². The van der Waals surface area contributed by atoms with Crippen LogP contribution in [0.25, 0.3) is 0 Å². The van der Waals surface area contributed by atoms with Crippen molar-refractivity contribution in [3.05, 3.63) is 83.9 Å². The first kappa shape index (κ1) is 24.8. The molecular formula is C28H30O6. The number of esters is 2. The molecule has 0 spiro atoms. The Hall–Kier alpha value is -3.80. The van der Waals surface area contributed by atoms with Gasteiger partial charge in [0.1, 0.15) is 23.0 Å². The van der Waals surface area contributed by atoms with Gasteiger partial charge < -0.3 is 18.9 Å². The van der Waals surface area contributed by atoms with Crippen LogP contribution in [0.4, 0.5) is 0 Å². The van der Waals surface area contributed by atoms with Crippen molar-refractivity contribution in [1.29, 1.82) is 0 Å². The maximum atomic E-state index is 12.8. The van der Waals surface area contributed by atoms with Crippen molar-refractivity contribution in [2.75, 3.05) is 13.2 Å². The summed E-state index contributed by atoms with van der Waals surface area (Å²) in [7, 11) is 0. The van der Waals surface area contributed by atoms with Crippen LogP contribution in [0, 0.1) is 0 Å². The van der Waals surface area contributed by atoms with Crippen LogP contribution in [-0.4, -0.2) is 25.2 Å². The second kappa shape index (κ2) is 13.0. The minimum Gasteiger partial charge on any atom is -0.494 e. The first-order chi connectivity index (χ1) is 16.6. The Morgan fingerprint density at radius 3 is 1.26 bits per heavy atom. The minimum atomic E-state index is -0.646. The highest BCUT2D eigenvalue weighted by molar-refractivity contribution is 6.04. The van der Waals surface area contributed by atoms with E-state index in [0.717, 1.165) is 25.7 Å². The molecule has 6 heteroatoms. The first-order valence-corrected chi connectivity index (χ1v) is 11.6. The summed E-state index contributed by atoms with van der Waals surface area (Å²) in [5.41, 5.74) is 0.241. The van der Waals surface area contributed by atoms with Crippen molar-refractivity contribution in [3.8, 4) is 23.0 Å². The van der Waals surface area contributed by atoms with Crippen molar-refractivity contribution in [2.24, 2.45) is 0 Å². The summed E-state index contributed by atoms with van der Waals surface area (Å²) in [6.07, 6.45) is 4.05. The van der Waals surface area contributed by atoms with Gasteiger partial charge in [0.25, 0.3) is 0 Å². The molecule has 0 heterocycles. The molecule has 3 aromatic carbocycles. The lowest BCUT2D eigenvalue weighted by atomic mass is 10.1. The van der Waals surface area contributed by atoms with Crippen LogP contribution in [-0.2, 0) is 0 Å². The number of rotatable bonds is 12. The van der Waals surface area contributed by atoms with Gasteiger partial charge in [-0.2, -0.15) is 0 Å². The third-order valence-corrected chi connectivity index (χ3v) is 4.97. The number of unbranched alkanes of at least 4 members (excludes halogenated alkanes) is 2. The van der Waals surface area contributed by atoms with Crippen molar-refractivity contribution in [1.82, 2.24) is 0 Å². The fourth-order valence-corrected chi connectivity index (χ4v) is 3.04. The highest BCUT2D eigenvalue weighted by atomic mass is 16.5. The van der Waals surface area contributed by atoms with Crippen molar-refractivity contribution in [2.45, 2.75) is 39.5 Å². The number of carbonyl (C=O) groups is 2. The quantitative estimate of drug-likeness (QED) is 0.174. The molecule has 0 N–H and O–H groups in total. The predicted octanol–water partition coefficient (Wildman–Crippen LogP) is 6.48. The average molecular weight is 463 g/mol. The molecule has 0 aliphatic rings. The molecular weight excluding hydrogens is 432 g/mol. The first-order valence-electron chi connectivity index (χ1n) is 11.6. The van der Waals surface area contributed by atoms with Crippen LogP contribution in [0.15, 0.2) is 72.8 Å². The van der Waals surface area contributed by atoms with Gasteiger partial charge in [-0.05, 0) is 73.5 Å². The molecule has 0 saturated heterocycles. The van der Waals surface area contributed by atoms with Crippen LogP contribution >= 0.6 is 0 Å². The summed E-state index contributed by atoms with van der Waals surface area (Å²) < 4.78 is 22.2. The van der Waals surface area contributed by atoms with Gasteiger partial charge in [0.05, 0.1) is 24.3 Å². The molecule has 0 radical (unpaired) electrons. The van der Waals surface area contributed by atoms with Crippen LogP contribution < -0.4 is 18.9 Å². The van der Waals surface area contributed by atoms with E-state index in [0.29, 0.717) is 36.2 Å². The molecule has 0 unspecified atom stereocenters. The number of hydrogen-bond acceptors (Lipinski definition) is 6. The standard InChI is InChI=1S/C28H30O6/c1-3-5-19-31-21-11-15-23(16-12-21)33-27(29)25-9-7-8-10-26(25)28(30)34-24-17-13-22(14-18-24)32-20-6-4-2/h7-18H,3-6,19-20H2,1-2H3. The Balaban J connectivity index is 1.63. The van der Waals surface area contributed by atoms with Crippen LogP contribution in [0.5, 0.6) is 23.0 Å². The van der Waals surface area contributed by atoms with Gasteiger partial charge in [0.2, 0.25) is 0 Å².